The van der Waals surface area contributed by atoms with Gasteiger partial charge < -0.3 is 15.0 Å². The molecule has 130 valence electrons. The molecule has 0 saturated heterocycles. The standard InChI is InChI=1S/C24H18N2O/c1-3-9-18(10-4-1)26(19-11-5-2-6-12-19)20-15-16-22-24(17-20)27-23-14-8-7-13-21(23)25-22/h1-17,25H. The molecule has 4 aromatic rings. The number of benzene rings is 4. The number of hydrogen-bond acceptors (Lipinski definition) is 3. The van der Waals surface area contributed by atoms with Crippen LogP contribution in [-0.4, -0.2) is 0 Å². The van der Waals surface area contributed by atoms with Crippen molar-refractivity contribution in [3.8, 4) is 11.5 Å². The van der Waals surface area contributed by atoms with Gasteiger partial charge in [-0.3, -0.25) is 0 Å². The summed E-state index contributed by atoms with van der Waals surface area (Å²) in [5.41, 5.74) is 5.22. The Balaban J connectivity index is 1.60. The fraction of sp³-hybridized carbons (Fsp3) is 0. The largest absolute Gasteiger partial charge is 0.453 e. The maximum absolute atomic E-state index is 6.15. The van der Waals surface area contributed by atoms with Gasteiger partial charge in [-0.05, 0) is 48.5 Å². The summed E-state index contributed by atoms with van der Waals surface area (Å²) in [5, 5.41) is 3.44. The zero-order valence-corrected chi connectivity index (χ0v) is 14.7. The molecule has 0 amide bonds. The van der Waals surface area contributed by atoms with Crippen molar-refractivity contribution in [1.29, 1.82) is 0 Å². The van der Waals surface area contributed by atoms with Gasteiger partial charge >= 0.3 is 0 Å². The summed E-state index contributed by atoms with van der Waals surface area (Å²) in [6.45, 7) is 0. The second-order valence-electron chi connectivity index (χ2n) is 6.41. The average Bonchev–Trinajstić information content (AvgIpc) is 2.74. The van der Waals surface area contributed by atoms with Gasteiger partial charge in [-0.1, -0.05) is 48.5 Å². The highest BCUT2D eigenvalue weighted by Crippen LogP contribution is 2.45. The van der Waals surface area contributed by atoms with Crippen LogP contribution < -0.4 is 15.0 Å². The van der Waals surface area contributed by atoms with Gasteiger partial charge in [-0.2, -0.15) is 0 Å². The lowest BCUT2D eigenvalue weighted by Crippen LogP contribution is -2.10. The SMILES string of the molecule is c1ccc(N(c2ccccc2)c2ccc3c(c2)Oc2ccccc2N3)cc1. The zero-order valence-electron chi connectivity index (χ0n) is 14.7. The van der Waals surface area contributed by atoms with Crippen molar-refractivity contribution in [3.63, 3.8) is 0 Å². The van der Waals surface area contributed by atoms with E-state index in [1.54, 1.807) is 0 Å². The van der Waals surface area contributed by atoms with E-state index in [0.29, 0.717) is 0 Å². The van der Waals surface area contributed by atoms with Crippen molar-refractivity contribution in [2.24, 2.45) is 0 Å². The molecule has 1 N–H and O–H groups in total. The fourth-order valence-electron chi connectivity index (χ4n) is 3.36. The van der Waals surface area contributed by atoms with Crippen LogP contribution in [0.5, 0.6) is 11.5 Å². The molecular formula is C24H18N2O. The van der Waals surface area contributed by atoms with E-state index in [1.165, 1.54) is 0 Å². The molecule has 1 aliphatic rings. The maximum Gasteiger partial charge on any atom is 0.153 e. The van der Waals surface area contributed by atoms with Crippen molar-refractivity contribution in [2.45, 2.75) is 0 Å². The molecule has 0 radical (unpaired) electrons. The summed E-state index contributed by atoms with van der Waals surface area (Å²) in [4.78, 5) is 2.23. The van der Waals surface area contributed by atoms with Crippen molar-refractivity contribution >= 4 is 28.4 Å². The first-order valence-corrected chi connectivity index (χ1v) is 8.97. The summed E-state index contributed by atoms with van der Waals surface area (Å²) in [6, 6.07) is 35.0. The number of nitrogens with one attached hydrogen (secondary N) is 1. The van der Waals surface area contributed by atoms with Crippen molar-refractivity contribution in [3.05, 3.63) is 103 Å². The average molecular weight is 350 g/mol. The number of anilines is 5. The summed E-state index contributed by atoms with van der Waals surface area (Å²) in [5.74, 6) is 1.66. The van der Waals surface area contributed by atoms with Crippen molar-refractivity contribution in [2.75, 3.05) is 10.2 Å². The summed E-state index contributed by atoms with van der Waals surface area (Å²) in [6.07, 6.45) is 0. The summed E-state index contributed by atoms with van der Waals surface area (Å²) >= 11 is 0. The van der Waals surface area contributed by atoms with Crippen LogP contribution in [0.2, 0.25) is 0 Å². The van der Waals surface area contributed by atoms with Crippen LogP contribution in [0.25, 0.3) is 0 Å². The normalized spacial score (nSPS) is 11.6. The molecule has 3 nitrogen and oxygen atoms in total. The molecule has 0 saturated carbocycles. The van der Waals surface area contributed by atoms with E-state index in [2.05, 4.69) is 76.9 Å². The van der Waals surface area contributed by atoms with Gasteiger partial charge in [0.05, 0.1) is 11.4 Å². The third-order valence-corrected chi connectivity index (χ3v) is 4.63. The number of nitrogens with zero attached hydrogens (tertiary/aromatic N) is 1. The Morgan fingerprint density at radius 3 is 1.81 bits per heavy atom. The number of ether oxygens (including phenoxy) is 1. The lowest BCUT2D eigenvalue weighted by molar-refractivity contribution is 0.481. The Kier molecular flexibility index (Phi) is 3.76. The second-order valence-corrected chi connectivity index (χ2v) is 6.41. The topological polar surface area (TPSA) is 24.5 Å². The minimum absolute atomic E-state index is 0.822. The van der Waals surface area contributed by atoms with Crippen LogP contribution in [-0.2, 0) is 0 Å². The molecule has 0 aliphatic carbocycles. The zero-order chi connectivity index (χ0) is 18.1. The molecule has 1 aliphatic heterocycles. The molecule has 3 heteroatoms. The first-order chi connectivity index (χ1) is 13.4. The van der Waals surface area contributed by atoms with Crippen LogP contribution in [0.1, 0.15) is 0 Å². The van der Waals surface area contributed by atoms with Crippen LogP contribution in [0.4, 0.5) is 28.4 Å². The molecular weight excluding hydrogens is 332 g/mol. The Bertz CT molecular complexity index is 1040. The van der Waals surface area contributed by atoms with E-state index in [-0.39, 0.29) is 0 Å². The minimum Gasteiger partial charge on any atom is -0.453 e. The predicted octanol–water partition coefficient (Wildman–Crippen LogP) is 7.01. The number of fused-ring (bicyclic) bond motifs is 2. The Morgan fingerprint density at radius 1 is 0.519 bits per heavy atom. The smallest absolute Gasteiger partial charge is 0.153 e. The minimum atomic E-state index is 0.822. The van der Waals surface area contributed by atoms with Gasteiger partial charge in [0.15, 0.2) is 11.5 Å². The van der Waals surface area contributed by atoms with Crippen LogP contribution >= 0.6 is 0 Å². The van der Waals surface area contributed by atoms with Gasteiger partial charge in [0.25, 0.3) is 0 Å². The molecule has 0 aromatic heterocycles. The van der Waals surface area contributed by atoms with Gasteiger partial charge in [0, 0.05) is 23.1 Å². The Morgan fingerprint density at radius 2 is 1.11 bits per heavy atom. The lowest BCUT2D eigenvalue weighted by atomic mass is 10.1. The molecule has 1 heterocycles. The molecule has 0 spiro atoms. The molecule has 4 aromatic carbocycles. The highest BCUT2D eigenvalue weighted by Gasteiger charge is 2.19. The quantitative estimate of drug-likeness (QED) is 0.379. The number of rotatable bonds is 3. The summed E-state index contributed by atoms with van der Waals surface area (Å²) < 4.78 is 6.15. The predicted molar refractivity (Wildman–Crippen MR) is 111 cm³/mol. The number of para-hydroxylation sites is 4. The highest BCUT2D eigenvalue weighted by molar-refractivity contribution is 5.82. The number of hydrogen-bond donors (Lipinski definition) is 1. The van der Waals surface area contributed by atoms with E-state index in [4.69, 9.17) is 4.74 Å². The van der Waals surface area contributed by atoms with Crippen molar-refractivity contribution < 1.29 is 4.74 Å². The van der Waals surface area contributed by atoms with E-state index >= 15 is 0 Å². The lowest BCUT2D eigenvalue weighted by Gasteiger charge is -2.28. The van der Waals surface area contributed by atoms with Gasteiger partial charge in [-0.15, -0.1) is 0 Å². The maximum atomic E-state index is 6.15. The summed E-state index contributed by atoms with van der Waals surface area (Å²) in [7, 11) is 0. The van der Waals surface area contributed by atoms with Crippen LogP contribution in [0.3, 0.4) is 0 Å². The Labute approximate surface area is 158 Å². The first-order valence-electron chi connectivity index (χ1n) is 8.97. The fourth-order valence-corrected chi connectivity index (χ4v) is 3.36. The monoisotopic (exact) mass is 350 g/mol. The molecule has 27 heavy (non-hydrogen) atoms. The van der Waals surface area contributed by atoms with Crippen molar-refractivity contribution in [1.82, 2.24) is 0 Å². The molecule has 0 fully saturated rings. The molecule has 0 bridgehead atoms. The van der Waals surface area contributed by atoms with Gasteiger partial charge in [0.2, 0.25) is 0 Å². The molecule has 5 rings (SSSR count). The van der Waals surface area contributed by atoms with Gasteiger partial charge in [-0.25, -0.2) is 0 Å². The Hall–Kier alpha value is -3.72. The molecule has 0 unspecified atom stereocenters. The molecule has 0 atom stereocenters. The third kappa shape index (κ3) is 2.89. The van der Waals surface area contributed by atoms with E-state index in [1.807, 2.05) is 36.4 Å². The highest BCUT2D eigenvalue weighted by atomic mass is 16.5. The van der Waals surface area contributed by atoms with E-state index in [0.717, 1.165) is 39.9 Å². The van der Waals surface area contributed by atoms with E-state index in [9.17, 15) is 0 Å². The van der Waals surface area contributed by atoms with E-state index < -0.39 is 0 Å². The van der Waals surface area contributed by atoms with Gasteiger partial charge in [0.1, 0.15) is 0 Å². The third-order valence-electron chi connectivity index (χ3n) is 4.63. The van der Waals surface area contributed by atoms with Crippen LogP contribution in [0, 0.1) is 0 Å². The van der Waals surface area contributed by atoms with Crippen LogP contribution in [0.15, 0.2) is 103 Å². The second kappa shape index (κ2) is 6.54. The first kappa shape index (κ1) is 15.5.